The Labute approximate surface area is 157 Å². The largest absolute Gasteiger partial charge is 0.447 e. The number of pyridine rings is 1. The van der Waals surface area contributed by atoms with Crippen LogP contribution in [0.5, 0.6) is 0 Å². The molecular weight excluding hydrogens is 338 g/mol. The molecule has 5 nitrogen and oxygen atoms in total. The van der Waals surface area contributed by atoms with Crippen molar-refractivity contribution in [2.75, 3.05) is 0 Å². The van der Waals surface area contributed by atoms with E-state index >= 15 is 0 Å². The van der Waals surface area contributed by atoms with Gasteiger partial charge < -0.3 is 9.73 Å². The lowest BCUT2D eigenvalue weighted by atomic mass is 9.84. The summed E-state index contributed by atoms with van der Waals surface area (Å²) >= 11 is 0. The second-order valence-electron chi connectivity index (χ2n) is 7.64. The van der Waals surface area contributed by atoms with Crippen LogP contribution in [-0.4, -0.2) is 15.9 Å². The minimum Gasteiger partial charge on any atom is -0.447 e. The number of allylic oxidation sites excluding steroid dienone is 2. The van der Waals surface area contributed by atoms with Gasteiger partial charge >= 0.3 is 0 Å². The van der Waals surface area contributed by atoms with E-state index < -0.39 is 0 Å². The molecule has 1 spiro atoms. The SMILES string of the molecule is O=C(NCc1ncco1)c1cnc2c(C3=CCC4(CC3)CC4)cccc2c1. The third-order valence-corrected chi connectivity index (χ3v) is 5.87. The molecule has 5 heteroatoms. The molecule has 3 aromatic rings. The van der Waals surface area contributed by atoms with Gasteiger partial charge in [-0.3, -0.25) is 9.78 Å². The Morgan fingerprint density at radius 2 is 2.15 bits per heavy atom. The third-order valence-electron chi connectivity index (χ3n) is 5.87. The summed E-state index contributed by atoms with van der Waals surface area (Å²) in [7, 11) is 0. The molecule has 2 aliphatic carbocycles. The van der Waals surface area contributed by atoms with Crippen molar-refractivity contribution in [2.45, 2.75) is 38.6 Å². The summed E-state index contributed by atoms with van der Waals surface area (Å²) in [5.74, 6) is 0.303. The summed E-state index contributed by atoms with van der Waals surface area (Å²) in [6, 6.07) is 8.12. The van der Waals surface area contributed by atoms with Gasteiger partial charge in [-0.25, -0.2) is 4.98 Å². The standard InChI is InChI=1S/C22H21N3O2/c26-21(25-14-19-23-10-11-27-19)17-12-16-2-1-3-18(20(16)24-13-17)15-4-6-22(7-5-15)8-9-22/h1-4,10-13H,5-9,14H2,(H,25,26). The van der Waals surface area contributed by atoms with Gasteiger partial charge in [0.2, 0.25) is 5.89 Å². The maximum absolute atomic E-state index is 12.4. The number of rotatable bonds is 4. The molecule has 136 valence electrons. The van der Waals surface area contributed by atoms with E-state index in [9.17, 15) is 4.79 Å². The fourth-order valence-electron chi connectivity index (χ4n) is 3.96. The number of nitrogens with one attached hydrogen (secondary N) is 1. The van der Waals surface area contributed by atoms with E-state index in [1.807, 2.05) is 12.1 Å². The van der Waals surface area contributed by atoms with Crippen LogP contribution in [0.25, 0.3) is 16.5 Å². The third kappa shape index (κ3) is 3.14. The molecule has 27 heavy (non-hydrogen) atoms. The number of amides is 1. The first kappa shape index (κ1) is 16.2. The van der Waals surface area contributed by atoms with E-state index in [-0.39, 0.29) is 12.5 Å². The molecule has 1 aromatic carbocycles. The quantitative estimate of drug-likeness (QED) is 0.745. The Kier molecular flexibility index (Phi) is 3.81. The number of benzene rings is 1. The molecule has 2 heterocycles. The van der Waals surface area contributed by atoms with Crippen LogP contribution >= 0.6 is 0 Å². The number of hydrogen-bond donors (Lipinski definition) is 1. The molecule has 1 saturated carbocycles. The van der Waals surface area contributed by atoms with E-state index in [1.54, 1.807) is 12.4 Å². The van der Waals surface area contributed by atoms with Crippen molar-refractivity contribution in [2.24, 2.45) is 5.41 Å². The summed E-state index contributed by atoms with van der Waals surface area (Å²) in [6.07, 6.45) is 13.5. The Bertz CT molecular complexity index is 1030. The van der Waals surface area contributed by atoms with Crippen molar-refractivity contribution in [3.8, 4) is 0 Å². The summed E-state index contributed by atoms with van der Waals surface area (Å²) in [4.78, 5) is 21.1. The number of nitrogens with zero attached hydrogens (tertiary/aromatic N) is 2. The zero-order valence-electron chi connectivity index (χ0n) is 15.1. The molecule has 1 N–H and O–H groups in total. The van der Waals surface area contributed by atoms with E-state index in [0.29, 0.717) is 16.9 Å². The van der Waals surface area contributed by atoms with Crippen molar-refractivity contribution in [3.05, 3.63) is 66.0 Å². The Morgan fingerprint density at radius 1 is 1.22 bits per heavy atom. The molecule has 0 atom stereocenters. The van der Waals surface area contributed by atoms with Gasteiger partial charge in [0, 0.05) is 17.1 Å². The van der Waals surface area contributed by atoms with Gasteiger partial charge in [0.25, 0.3) is 5.91 Å². The lowest BCUT2D eigenvalue weighted by molar-refractivity contribution is 0.0947. The zero-order valence-corrected chi connectivity index (χ0v) is 15.1. The van der Waals surface area contributed by atoms with Gasteiger partial charge in [0.1, 0.15) is 6.26 Å². The first-order chi connectivity index (χ1) is 13.2. The Balaban J connectivity index is 1.39. The number of para-hydroxylation sites is 1. The van der Waals surface area contributed by atoms with Gasteiger partial charge in [-0.05, 0) is 49.2 Å². The molecule has 0 bridgehead atoms. The minimum atomic E-state index is -0.180. The van der Waals surface area contributed by atoms with Crippen molar-refractivity contribution >= 4 is 22.4 Å². The summed E-state index contributed by atoms with van der Waals surface area (Å²) < 4.78 is 5.14. The van der Waals surface area contributed by atoms with Crippen molar-refractivity contribution in [3.63, 3.8) is 0 Å². The second kappa shape index (κ2) is 6.34. The molecule has 0 unspecified atom stereocenters. The number of hydrogen-bond acceptors (Lipinski definition) is 4. The minimum absolute atomic E-state index is 0.180. The van der Waals surface area contributed by atoms with Crippen molar-refractivity contribution in [1.82, 2.24) is 15.3 Å². The van der Waals surface area contributed by atoms with Crippen molar-refractivity contribution in [1.29, 1.82) is 0 Å². The fraction of sp³-hybridized carbons (Fsp3) is 0.318. The second-order valence-corrected chi connectivity index (χ2v) is 7.64. The first-order valence-electron chi connectivity index (χ1n) is 9.47. The van der Waals surface area contributed by atoms with Crippen LogP contribution in [0.2, 0.25) is 0 Å². The van der Waals surface area contributed by atoms with Gasteiger partial charge in [-0.2, -0.15) is 0 Å². The summed E-state index contributed by atoms with van der Waals surface area (Å²) in [6.45, 7) is 0.262. The van der Waals surface area contributed by atoms with Crippen LogP contribution in [0.3, 0.4) is 0 Å². The lowest BCUT2D eigenvalue weighted by Crippen LogP contribution is -2.23. The fourth-order valence-corrected chi connectivity index (χ4v) is 3.96. The normalized spacial score (nSPS) is 17.7. The number of fused-ring (bicyclic) bond motifs is 1. The predicted octanol–water partition coefficient (Wildman–Crippen LogP) is 4.50. The smallest absolute Gasteiger partial charge is 0.253 e. The Hall–Kier alpha value is -2.95. The van der Waals surface area contributed by atoms with Crippen LogP contribution in [0, 0.1) is 5.41 Å². The van der Waals surface area contributed by atoms with Gasteiger partial charge in [0.05, 0.1) is 23.8 Å². The van der Waals surface area contributed by atoms with Crippen LogP contribution in [-0.2, 0) is 6.54 Å². The van der Waals surface area contributed by atoms with Crippen LogP contribution < -0.4 is 5.32 Å². The molecule has 0 aliphatic heterocycles. The van der Waals surface area contributed by atoms with E-state index in [1.165, 1.54) is 43.1 Å². The molecule has 5 rings (SSSR count). The van der Waals surface area contributed by atoms with Crippen LogP contribution in [0.1, 0.15) is 53.9 Å². The lowest BCUT2D eigenvalue weighted by Gasteiger charge is -2.21. The van der Waals surface area contributed by atoms with E-state index in [0.717, 1.165) is 17.3 Å². The number of oxazole rings is 1. The number of aromatic nitrogens is 2. The monoisotopic (exact) mass is 359 g/mol. The molecule has 2 aliphatic rings. The first-order valence-corrected chi connectivity index (χ1v) is 9.47. The highest BCUT2D eigenvalue weighted by Gasteiger charge is 2.42. The molecular formula is C22H21N3O2. The van der Waals surface area contributed by atoms with Crippen molar-refractivity contribution < 1.29 is 9.21 Å². The summed E-state index contributed by atoms with van der Waals surface area (Å²) in [5, 5.41) is 3.80. The molecule has 2 aromatic heterocycles. The van der Waals surface area contributed by atoms with E-state index in [4.69, 9.17) is 4.42 Å². The molecule has 0 radical (unpaired) electrons. The molecule has 1 amide bonds. The number of carbonyl (C=O) groups is 1. The van der Waals surface area contributed by atoms with Crippen LogP contribution in [0.15, 0.2) is 53.4 Å². The highest BCUT2D eigenvalue weighted by molar-refractivity contribution is 5.99. The van der Waals surface area contributed by atoms with Gasteiger partial charge in [-0.15, -0.1) is 0 Å². The highest BCUT2D eigenvalue weighted by atomic mass is 16.3. The molecule has 0 saturated heterocycles. The van der Waals surface area contributed by atoms with E-state index in [2.05, 4.69) is 33.5 Å². The van der Waals surface area contributed by atoms with Gasteiger partial charge in [-0.1, -0.05) is 24.3 Å². The van der Waals surface area contributed by atoms with Gasteiger partial charge in [0.15, 0.2) is 0 Å². The zero-order chi connectivity index (χ0) is 18.3. The average molecular weight is 359 g/mol. The maximum Gasteiger partial charge on any atom is 0.253 e. The predicted molar refractivity (Wildman–Crippen MR) is 103 cm³/mol. The highest BCUT2D eigenvalue weighted by Crippen LogP contribution is 2.56. The van der Waals surface area contributed by atoms with Crippen LogP contribution in [0.4, 0.5) is 0 Å². The maximum atomic E-state index is 12.4. The summed E-state index contributed by atoms with van der Waals surface area (Å²) in [5.41, 5.74) is 4.73. The number of carbonyl (C=O) groups excluding carboxylic acids is 1. The Morgan fingerprint density at radius 3 is 2.89 bits per heavy atom. The topological polar surface area (TPSA) is 68.0 Å². The average Bonchev–Trinajstić information content (AvgIpc) is 3.25. The molecule has 1 fully saturated rings.